The second kappa shape index (κ2) is 5.57. The number of hydrogen-bond acceptors (Lipinski definition) is 2. The standard InChI is InChI=1S/C17H25N3/c18-16(19)15-5-3-14(4-6-15)13-20-11-9-17(10-12-20)7-1-2-8-17/h3-6H,1-2,7-13H2,(H3,18,19). The molecular formula is C17H25N3. The van der Waals surface area contributed by atoms with Crippen LogP contribution < -0.4 is 5.73 Å². The van der Waals surface area contributed by atoms with E-state index in [0.29, 0.717) is 5.41 Å². The van der Waals surface area contributed by atoms with E-state index < -0.39 is 0 Å². The number of nitrogens with zero attached hydrogens (tertiary/aromatic N) is 1. The van der Waals surface area contributed by atoms with E-state index >= 15 is 0 Å². The first-order valence-electron chi connectivity index (χ1n) is 7.83. The van der Waals surface area contributed by atoms with E-state index in [1.54, 1.807) is 0 Å². The number of benzene rings is 1. The maximum Gasteiger partial charge on any atom is 0.122 e. The Labute approximate surface area is 121 Å². The molecule has 1 heterocycles. The third kappa shape index (κ3) is 2.88. The molecule has 3 heteroatoms. The number of nitrogen functional groups attached to an aromatic ring is 1. The van der Waals surface area contributed by atoms with Crippen LogP contribution in [0.25, 0.3) is 0 Å². The number of rotatable bonds is 3. The summed E-state index contributed by atoms with van der Waals surface area (Å²) in [5, 5.41) is 7.42. The normalized spacial score (nSPS) is 22.2. The molecule has 1 saturated heterocycles. The molecule has 2 fully saturated rings. The third-order valence-electron chi connectivity index (χ3n) is 5.25. The van der Waals surface area contributed by atoms with E-state index in [9.17, 15) is 0 Å². The van der Waals surface area contributed by atoms with Gasteiger partial charge in [-0.15, -0.1) is 0 Å². The molecular weight excluding hydrogens is 246 g/mol. The lowest BCUT2D eigenvalue weighted by Gasteiger charge is -2.39. The first-order valence-corrected chi connectivity index (χ1v) is 7.83. The lowest BCUT2D eigenvalue weighted by Crippen LogP contribution is -2.38. The maximum absolute atomic E-state index is 7.42. The van der Waals surface area contributed by atoms with Gasteiger partial charge in [0.15, 0.2) is 0 Å². The van der Waals surface area contributed by atoms with E-state index in [4.69, 9.17) is 11.1 Å². The van der Waals surface area contributed by atoms with Crippen molar-refractivity contribution < 1.29 is 0 Å². The van der Waals surface area contributed by atoms with Gasteiger partial charge in [0.25, 0.3) is 0 Å². The molecule has 20 heavy (non-hydrogen) atoms. The summed E-state index contributed by atoms with van der Waals surface area (Å²) in [7, 11) is 0. The molecule has 1 aliphatic heterocycles. The van der Waals surface area contributed by atoms with Crippen LogP contribution in [0.15, 0.2) is 24.3 Å². The molecule has 1 saturated carbocycles. The molecule has 1 aromatic rings. The first kappa shape index (κ1) is 13.6. The van der Waals surface area contributed by atoms with Crippen molar-refractivity contribution in [1.82, 2.24) is 4.90 Å². The van der Waals surface area contributed by atoms with Gasteiger partial charge in [-0.05, 0) is 49.8 Å². The zero-order valence-corrected chi connectivity index (χ0v) is 12.2. The molecule has 2 aliphatic rings. The van der Waals surface area contributed by atoms with Crippen molar-refractivity contribution in [2.45, 2.75) is 45.1 Å². The molecule has 3 nitrogen and oxygen atoms in total. The Morgan fingerprint density at radius 3 is 2.20 bits per heavy atom. The predicted octanol–water partition coefficient (Wildman–Crippen LogP) is 3.13. The van der Waals surface area contributed by atoms with Crippen LogP contribution in [0.5, 0.6) is 0 Å². The Hall–Kier alpha value is -1.35. The minimum absolute atomic E-state index is 0.151. The monoisotopic (exact) mass is 271 g/mol. The summed E-state index contributed by atoms with van der Waals surface area (Å²) in [6.07, 6.45) is 8.61. The molecule has 108 valence electrons. The van der Waals surface area contributed by atoms with Gasteiger partial charge in [-0.3, -0.25) is 10.3 Å². The SMILES string of the molecule is N=C(N)c1ccc(CN2CCC3(CCCC3)CC2)cc1. The van der Waals surface area contributed by atoms with E-state index in [1.165, 1.54) is 57.2 Å². The molecule has 3 rings (SSSR count). The lowest BCUT2D eigenvalue weighted by molar-refractivity contribution is 0.103. The summed E-state index contributed by atoms with van der Waals surface area (Å²) in [6, 6.07) is 8.13. The quantitative estimate of drug-likeness (QED) is 0.655. The van der Waals surface area contributed by atoms with Crippen molar-refractivity contribution in [2.24, 2.45) is 11.1 Å². The molecule has 3 N–H and O–H groups in total. The number of hydrogen-bond donors (Lipinski definition) is 2. The van der Waals surface area contributed by atoms with Crippen molar-refractivity contribution in [1.29, 1.82) is 5.41 Å². The third-order valence-corrected chi connectivity index (χ3v) is 5.25. The molecule has 0 radical (unpaired) electrons. The van der Waals surface area contributed by atoms with Gasteiger partial charge in [0.05, 0.1) is 0 Å². The lowest BCUT2D eigenvalue weighted by atomic mass is 9.77. The summed E-state index contributed by atoms with van der Waals surface area (Å²) >= 11 is 0. The summed E-state index contributed by atoms with van der Waals surface area (Å²) in [5.74, 6) is 0.151. The van der Waals surface area contributed by atoms with E-state index in [2.05, 4.69) is 17.0 Å². The Kier molecular flexibility index (Phi) is 3.79. The highest BCUT2D eigenvalue weighted by atomic mass is 15.1. The largest absolute Gasteiger partial charge is 0.384 e. The van der Waals surface area contributed by atoms with Gasteiger partial charge in [0, 0.05) is 12.1 Å². The molecule has 0 bridgehead atoms. The van der Waals surface area contributed by atoms with Gasteiger partial charge in [-0.25, -0.2) is 0 Å². The van der Waals surface area contributed by atoms with Crippen molar-refractivity contribution in [2.75, 3.05) is 13.1 Å². The minimum Gasteiger partial charge on any atom is -0.384 e. The van der Waals surface area contributed by atoms with Crippen molar-refractivity contribution in [3.05, 3.63) is 35.4 Å². The maximum atomic E-state index is 7.42. The highest BCUT2D eigenvalue weighted by Crippen LogP contribution is 2.46. The first-order chi connectivity index (χ1) is 9.67. The van der Waals surface area contributed by atoms with Crippen molar-refractivity contribution in [3.63, 3.8) is 0 Å². The number of piperidine rings is 1. The fraction of sp³-hybridized carbons (Fsp3) is 0.588. The zero-order valence-electron chi connectivity index (χ0n) is 12.2. The highest BCUT2D eigenvalue weighted by molar-refractivity contribution is 5.94. The number of likely N-dealkylation sites (tertiary alicyclic amines) is 1. The summed E-state index contributed by atoms with van der Waals surface area (Å²) in [4.78, 5) is 2.58. The molecule has 1 aromatic carbocycles. The van der Waals surface area contributed by atoms with Gasteiger partial charge in [-0.2, -0.15) is 0 Å². The smallest absolute Gasteiger partial charge is 0.122 e. The number of nitrogens with two attached hydrogens (primary N) is 1. The van der Waals surface area contributed by atoms with Gasteiger partial charge >= 0.3 is 0 Å². The van der Waals surface area contributed by atoms with Gasteiger partial charge in [0.1, 0.15) is 5.84 Å². The van der Waals surface area contributed by atoms with Gasteiger partial charge in [-0.1, -0.05) is 37.1 Å². The van der Waals surface area contributed by atoms with Gasteiger partial charge < -0.3 is 5.73 Å². The average Bonchev–Trinajstić information content (AvgIpc) is 2.91. The van der Waals surface area contributed by atoms with Crippen LogP contribution in [0, 0.1) is 10.8 Å². The molecule has 0 aromatic heterocycles. The average molecular weight is 271 g/mol. The van der Waals surface area contributed by atoms with E-state index in [1.807, 2.05) is 12.1 Å². The van der Waals surface area contributed by atoms with Crippen LogP contribution in [0.3, 0.4) is 0 Å². The molecule has 1 spiro atoms. The molecule has 0 unspecified atom stereocenters. The second-order valence-corrected chi connectivity index (χ2v) is 6.59. The van der Waals surface area contributed by atoms with Crippen LogP contribution in [0.1, 0.15) is 49.7 Å². The fourth-order valence-electron chi connectivity index (χ4n) is 3.86. The topological polar surface area (TPSA) is 53.1 Å². The van der Waals surface area contributed by atoms with Crippen LogP contribution >= 0.6 is 0 Å². The van der Waals surface area contributed by atoms with Crippen LogP contribution in [0.2, 0.25) is 0 Å². The Morgan fingerprint density at radius 2 is 1.65 bits per heavy atom. The van der Waals surface area contributed by atoms with E-state index in [-0.39, 0.29) is 5.84 Å². The summed E-state index contributed by atoms with van der Waals surface area (Å²) < 4.78 is 0. The molecule has 1 aliphatic carbocycles. The minimum atomic E-state index is 0.151. The fourth-order valence-corrected chi connectivity index (χ4v) is 3.86. The number of nitrogens with one attached hydrogen (secondary N) is 1. The van der Waals surface area contributed by atoms with Crippen molar-refractivity contribution >= 4 is 5.84 Å². The van der Waals surface area contributed by atoms with Crippen molar-refractivity contribution in [3.8, 4) is 0 Å². The summed E-state index contributed by atoms with van der Waals surface area (Å²) in [5.41, 5.74) is 8.34. The van der Waals surface area contributed by atoms with E-state index in [0.717, 1.165) is 12.1 Å². The zero-order chi connectivity index (χ0) is 14.0. The Morgan fingerprint density at radius 1 is 1.05 bits per heavy atom. The van der Waals surface area contributed by atoms with Crippen LogP contribution in [-0.4, -0.2) is 23.8 Å². The Balaban J connectivity index is 1.55. The van der Waals surface area contributed by atoms with Crippen LogP contribution in [0.4, 0.5) is 0 Å². The van der Waals surface area contributed by atoms with Crippen LogP contribution in [-0.2, 0) is 6.54 Å². The Bertz CT molecular complexity index is 462. The highest BCUT2D eigenvalue weighted by Gasteiger charge is 2.36. The number of amidine groups is 1. The second-order valence-electron chi connectivity index (χ2n) is 6.59. The summed E-state index contributed by atoms with van der Waals surface area (Å²) in [6.45, 7) is 3.52. The molecule has 0 amide bonds. The predicted molar refractivity (Wildman–Crippen MR) is 82.9 cm³/mol. The molecule has 0 atom stereocenters. The van der Waals surface area contributed by atoms with Gasteiger partial charge in [0.2, 0.25) is 0 Å².